The SMILES string of the molecule is COC(=O)N(Cc1cccnc1)c1ccccc1. The lowest BCUT2D eigenvalue weighted by molar-refractivity contribution is 0.178. The molecule has 0 radical (unpaired) electrons. The maximum absolute atomic E-state index is 11.8. The molecule has 0 N–H and O–H groups in total. The van der Waals surface area contributed by atoms with Gasteiger partial charge in [-0.1, -0.05) is 24.3 Å². The van der Waals surface area contributed by atoms with E-state index in [1.807, 2.05) is 42.5 Å². The summed E-state index contributed by atoms with van der Waals surface area (Å²) in [5.41, 5.74) is 1.75. The third-order valence-corrected chi connectivity index (χ3v) is 2.53. The smallest absolute Gasteiger partial charge is 0.414 e. The second kappa shape index (κ2) is 5.82. The maximum Gasteiger partial charge on any atom is 0.414 e. The highest BCUT2D eigenvalue weighted by Gasteiger charge is 2.16. The standard InChI is InChI=1S/C14H14N2O2/c1-18-14(17)16(13-7-3-2-4-8-13)11-12-6-5-9-15-10-12/h2-10H,11H2,1H3. The quantitative estimate of drug-likeness (QED) is 0.831. The Morgan fingerprint density at radius 2 is 2.00 bits per heavy atom. The molecule has 2 aromatic rings. The van der Waals surface area contributed by atoms with Crippen molar-refractivity contribution in [2.24, 2.45) is 0 Å². The number of nitrogens with zero attached hydrogens (tertiary/aromatic N) is 2. The van der Waals surface area contributed by atoms with Gasteiger partial charge in [-0.15, -0.1) is 0 Å². The van der Waals surface area contributed by atoms with E-state index in [9.17, 15) is 4.79 Å². The Bertz CT molecular complexity index is 500. The average Bonchev–Trinajstić information content (AvgIpc) is 2.46. The lowest BCUT2D eigenvalue weighted by Crippen LogP contribution is -2.30. The predicted molar refractivity (Wildman–Crippen MR) is 69.3 cm³/mol. The molecule has 92 valence electrons. The van der Waals surface area contributed by atoms with Crippen LogP contribution in [0, 0.1) is 0 Å². The predicted octanol–water partition coefficient (Wildman–Crippen LogP) is 2.85. The largest absolute Gasteiger partial charge is 0.452 e. The lowest BCUT2D eigenvalue weighted by atomic mass is 10.2. The number of hydrogen-bond acceptors (Lipinski definition) is 3. The van der Waals surface area contributed by atoms with E-state index in [0.29, 0.717) is 6.54 Å². The summed E-state index contributed by atoms with van der Waals surface area (Å²) in [5, 5.41) is 0. The van der Waals surface area contributed by atoms with Crippen LogP contribution in [0.1, 0.15) is 5.56 Å². The molecular formula is C14H14N2O2. The van der Waals surface area contributed by atoms with Gasteiger partial charge in [-0.05, 0) is 23.8 Å². The molecular weight excluding hydrogens is 228 g/mol. The highest BCUT2D eigenvalue weighted by atomic mass is 16.5. The van der Waals surface area contributed by atoms with Crippen LogP contribution in [0.25, 0.3) is 0 Å². The Morgan fingerprint density at radius 3 is 2.61 bits per heavy atom. The molecule has 0 aliphatic heterocycles. The summed E-state index contributed by atoms with van der Waals surface area (Å²) in [6.45, 7) is 0.435. The van der Waals surface area contributed by atoms with Crippen LogP contribution >= 0.6 is 0 Å². The molecule has 18 heavy (non-hydrogen) atoms. The molecule has 0 spiro atoms. The number of amides is 1. The normalized spacial score (nSPS) is 9.83. The number of hydrogen-bond donors (Lipinski definition) is 0. The fraction of sp³-hybridized carbons (Fsp3) is 0.143. The van der Waals surface area contributed by atoms with Crippen molar-refractivity contribution in [3.8, 4) is 0 Å². The number of benzene rings is 1. The second-order valence-electron chi connectivity index (χ2n) is 3.75. The molecule has 1 aromatic carbocycles. The first-order valence-corrected chi connectivity index (χ1v) is 5.60. The zero-order valence-corrected chi connectivity index (χ0v) is 10.1. The molecule has 0 aliphatic rings. The van der Waals surface area contributed by atoms with Crippen LogP contribution in [0.5, 0.6) is 0 Å². The van der Waals surface area contributed by atoms with Crippen molar-refractivity contribution in [3.63, 3.8) is 0 Å². The fourth-order valence-electron chi connectivity index (χ4n) is 1.65. The van der Waals surface area contributed by atoms with Crippen molar-refractivity contribution >= 4 is 11.8 Å². The van der Waals surface area contributed by atoms with E-state index in [2.05, 4.69) is 4.98 Å². The van der Waals surface area contributed by atoms with Crippen molar-refractivity contribution in [1.29, 1.82) is 0 Å². The summed E-state index contributed by atoms with van der Waals surface area (Å²) in [6.07, 6.45) is 3.05. The van der Waals surface area contributed by atoms with Crippen molar-refractivity contribution in [3.05, 3.63) is 60.4 Å². The maximum atomic E-state index is 11.8. The summed E-state index contributed by atoms with van der Waals surface area (Å²) in [4.78, 5) is 17.4. The minimum absolute atomic E-state index is 0.384. The highest BCUT2D eigenvalue weighted by Crippen LogP contribution is 2.17. The fourth-order valence-corrected chi connectivity index (χ4v) is 1.65. The van der Waals surface area contributed by atoms with Gasteiger partial charge >= 0.3 is 6.09 Å². The van der Waals surface area contributed by atoms with Gasteiger partial charge in [0, 0.05) is 18.1 Å². The van der Waals surface area contributed by atoms with Crippen LogP contribution in [0.3, 0.4) is 0 Å². The van der Waals surface area contributed by atoms with Crippen molar-refractivity contribution in [2.45, 2.75) is 6.54 Å². The molecule has 0 saturated heterocycles. The van der Waals surface area contributed by atoms with Crippen molar-refractivity contribution < 1.29 is 9.53 Å². The summed E-state index contributed by atoms with van der Waals surface area (Å²) in [6, 6.07) is 13.2. The van der Waals surface area contributed by atoms with Gasteiger partial charge in [-0.3, -0.25) is 9.88 Å². The van der Waals surface area contributed by atoms with E-state index in [-0.39, 0.29) is 6.09 Å². The first-order chi connectivity index (χ1) is 8.81. The van der Waals surface area contributed by atoms with E-state index >= 15 is 0 Å². The minimum Gasteiger partial charge on any atom is -0.452 e. The molecule has 4 heteroatoms. The number of methoxy groups -OCH3 is 1. The Kier molecular flexibility index (Phi) is 3.91. The van der Waals surface area contributed by atoms with Crippen LogP contribution in [-0.2, 0) is 11.3 Å². The minimum atomic E-state index is -0.384. The monoisotopic (exact) mass is 242 g/mol. The van der Waals surface area contributed by atoms with Crippen LogP contribution in [0.2, 0.25) is 0 Å². The van der Waals surface area contributed by atoms with Gasteiger partial charge < -0.3 is 4.74 Å². The van der Waals surface area contributed by atoms with Crippen molar-refractivity contribution in [1.82, 2.24) is 4.98 Å². The van der Waals surface area contributed by atoms with E-state index in [4.69, 9.17) is 4.74 Å². The topological polar surface area (TPSA) is 42.4 Å². The number of pyridine rings is 1. The number of rotatable bonds is 3. The molecule has 0 fully saturated rings. The zero-order valence-electron chi connectivity index (χ0n) is 10.1. The van der Waals surface area contributed by atoms with Crippen LogP contribution in [-0.4, -0.2) is 18.2 Å². The van der Waals surface area contributed by atoms with Gasteiger partial charge in [0.1, 0.15) is 0 Å². The van der Waals surface area contributed by atoms with E-state index in [1.54, 1.807) is 17.3 Å². The van der Waals surface area contributed by atoms with Crippen LogP contribution in [0.4, 0.5) is 10.5 Å². The van der Waals surface area contributed by atoms with E-state index < -0.39 is 0 Å². The first-order valence-electron chi connectivity index (χ1n) is 5.60. The van der Waals surface area contributed by atoms with Crippen LogP contribution < -0.4 is 4.90 Å². The van der Waals surface area contributed by atoms with Gasteiger partial charge in [0.2, 0.25) is 0 Å². The Labute approximate surface area is 106 Å². The first kappa shape index (κ1) is 12.1. The van der Waals surface area contributed by atoms with Crippen LogP contribution in [0.15, 0.2) is 54.9 Å². The number of para-hydroxylation sites is 1. The number of aromatic nitrogens is 1. The summed E-state index contributed by atoms with van der Waals surface area (Å²) < 4.78 is 4.81. The molecule has 0 bridgehead atoms. The van der Waals surface area contributed by atoms with E-state index in [1.165, 1.54) is 7.11 Å². The van der Waals surface area contributed by atoms with Gasteiger partial charge in [0.05, 0.1) is 13.7 Å². The third-order valence-electron chi connectivity index (χ3n) is 2.53. The Balaban J connectivity index is 2.24. The molecule has 1 aromatic heterocycles. The lowest BCUT2D eigenvalue weighted by Gasteiger charge is -2.21. The second-order valence-corrected chi connectivity index (χ2v) is 3.75. The van der Waals surface area contributed by atoms with Gasteiger partial charge in [-0.2, -0.15) is 0 Å². The molecule has 1 heterocycles. The molecule has 0 aliphatic carbocycles. The number of carbonyl (C=O) groups excluding carboxylic acids is 1. The molecule has 0 saturated carbocycles. The average molecular weight is 242 g/mol. The Morgan fingerprint density at radius 1 is 1.22 bits per heavy atom. The summed E-state index contributed by atoms with van der Waals surface area (Å²) in [7, 11) is 1.38. The molecule has 2 rings (SSSR count). The number of anilines is 1. The Hall–Kier alpha value is -2.36. The molecule has 0 atom stereocenters. The molecule has 4 nitrogen and oxygen atoms in total. The number of ether oxygens (including phenoxy) is 1. The molecule has 0 unspecified atom stereocenters. The van der Waals surface area contributed by atoms with E-state index in [0.717, 1.165) is 11.3 Å². The highest BCUT2D eigenvalue weighted by molar-refractivity contribution is 5.87. The van der Waals surface area contributed by atoms with Gasteiger partial charge in [0.15, 0.2) is 0 Å². The molecule has 1 amide bonds. The number of carbonyl (C=O) groups is 1. The van der Waals surface area contributed by atoms with Gasteiger partial charge in [0.25, 0.3) is 0 Å². The van der Waals surface area contributed by atoms with Gasteiger partial charge in [-0.25, -0.2) is 4.79 Å². The zero-order chi connectivity index (χ0) is 12.8. The van der Waals surface area contributed by atoms with Crippen molar-refractivity contribution in [2.75, 3.05) is 12.0 Å². The third kappa shape index (κ3) is 2.85. The summed E-state index contributed by atoms with van der Waals surface area (Å²) in [5.74, 6) is 0. The summed E-state index contributed by atoms with van der Waals surface area (Å²) >= 11 is 0.